The molecule has 0 unspecified atom stereocenters. The summed E-state index contributed by atoms with van der Waals surface area (Å²) in [6.45, 7) is 4.44. The van der Waals surface area contributed by atoms with E-state index in [1.54, 1.807) is 0 Å². The van der Waals surface area contributed by atoms with Crippen molar-refractivity contribution in [1.82, 2.24) is 15.5 Å². The van der Waals surface area contributed by atoms with Gasteiger partial charge < -0.3 is 20.3 Å². The molecule has 226 valence electrons. The van der Waals surface area contributed by atoms with Gasteiger partial charge in [0.15, 0.2) is 17.4 Å². The molecule has 0 spiro atoms. The second kappa shape index (κ2) is 12.9. The number of piperazine rings is 1. The third kappa shape index (κ3) is 6.81. The first-order valence-corrected chi connectivity index (χ1v) is 15.3. The predicted molar refractivity (Wildman–Crippen MR) is 161 cm³/mol. The van der Waals surface area contributed by atoms with Crippen LogP contribution in [0.25, 0.3) is 5.57 Å². The number of carbonyl (C=O) groups is 1. The summed E-state index contributed by atoms with van der Waals surface area (Å²) < 4.78 is 46.3. The molecule has 3 aromatic rings. The van der Waals surface area contributed by atoms with E-state index in [1.807, 2.05) is 12.1 Å². The molecule has 2 N–H and O–H groups in total. The van der Waals surface area contributed by atoms with Gasteiger partial charge in [-0.25, -0.2) is 8.78 Å². The van der Waals surface area contributed by atoms with Gasteiger partial charge in [0.1, 0.15) is 0 Å². The maximum Gasteiger partial charge on any atom is 0.251 e. The lowest BCUT2D eigenvalue weighted by Crippen LogP contribution is -2.60. The Morgan fingerprint density at radius 3 is 2.35 bits per heavy atom. The quantitative estimate of drug-likeness (QED) is 0.221. The minimum absolute atomic E-state index is 0.0314. The first-order chi connectivity index (χ1) is 20.9. The van der Waals surface area contributed by atoms with E-state index in [0.29, 0.717) is 25.4 Å². The van der Waals surface area contributed by atoms with Crippen molar-refractivity contribution in [3.05, 3.63) is 106 Å². The van der Waals surface area contributed by atoms with Gasteiger partial charge in [-0.2, -0.15) is 4.39 Å². The Kier molecular flexibility index (Phi) is 8.86. The van der Waals surface area contributed by atoms with Crippen molar-refractivity contribution in [3.63, 3.8) is 0 Å². The molecule has 1 saturated heterocycles. The fourth-order valence-electron chi connectivity index (χ4n) is 6.20. The molecule has 2 bridgehead atoms. The van der Waals surface area contributed by atoms with Crippen LogP contribution in [-0.4, -0.2) is 55.2 Å². The number of benzene rings is 3. The topological polar surface area (TPSA) is 53.6 Å². The van der Waals surface area contributed by atoms with E-state index in [4.69, 9.17) is 4.74 Å². The highest BCUT2D eigenvalue weighted by Crippen LogP contribution is 2.36. The molecule has 0 radical (unpaired) electrons. The number of carbonyl (C=O) groups excluding carboxylic acids is 1. The monoisotopic (exact) mass is 589 g/mol. The molecule has 3 aromatic carbocycles. The Bertz CT molecular complexity index is 1490. The molecule has 1 amide bonds. The lowest BCUT2D eigenvalue weighted by atomic mass is 9.83. The normalized spacial score (nSPS) is 19.8. The highest BCUT2D eigenvalue weighted by molar-refractivity contribution is 6.03. The highest BCUT2D eigenvalue weighted by atomic mass is 19.2. The van der Waals surface area contributed by atoms with Crippen molar-refractivity contribution in [2.45, 2.75) is 63.6 Å². The van der Waals surface area contributed by atoms with E-state index in [1.165, 1.54) is 11.1 Å². The maximum absolute atomic E-state index is 14.3. The average Bonchev–Trinajstić information content (AvgIpc) is 3.85. The van der Waals surface area contributed by atoms with Crippen molar-refractivity contribution in [2.75, 3.05) is 26.2 Å². The zero-order valence-corrected chi connectivity index (χ0v) is 24.5. The van der Waals surface area contributed by atoms with Crippen molar-refractivity contribution in [1.29, 1.82) is 0 Å². The van der Waals surface area contributed by atoms with Crippen LogP contribution in [0.15, 0.2) is 66.2 Å². The first-order valence-electron chi connectivity index (χ1n) is 15.3. The molecule has 2 fully saturated rings. The number of halogens is 3. The van der Waals surface area contributed by atoms with Crippen LogP contribution < -0.4 is 15.4 Å². The smallest absolute Gasteiger partial charge is 0.251 e. The van der Waals surface area contributed by atoms with Gasteiger partial charge in [0.25, 0.3) is 5.91 Å². The molecule has 2 atom stereocenters. The molecule has 1 saturated carbocycles. The van der Waals surface area contributed by atoms with Crippen LogP contribution in [0.5, 0.6) is 5.75 Å². The molecule has 1 aliphatic carbocycles. The Labute approximate surface area is 251 Å². The molecule has 43 heavy (non-hydrogen) atoms. The Morgan fingerprint density at radius 2 is 1.60 bits per heavy atom. The van der Waals surface area contributed by atoms with E-state index >= 15 is 0 Å². The molecule has 0 aromatic heterocycles. The number of aryl methyl sites for hydroxylation is 2. The van der Waals surface area contributed by atoms with E-state index in [9.17, 15) is 18.0 Å². The zero-order valence-electron chi connectivity index (χ0n) is 24.5. The van der Waals surface area contributed by atoms with Crippen LogP contribution in [0.2, 0.25) is 0 Å². The minimum Gasteiger partial charge on any atom is -0.488 e. The number of nitrogens with zero attached hydrogens (tertiary/aromatic N) is 1. The fourth-order valence-corrected chi connectivity index (χ4v) is 6.20. The summed E-state index contributed by atoms with van der Waals surface area (Å²) in [5.74, 6) is -3.89. The van der Waals surface area contributed by atoms with Gasteiger partial charge in [-0.3, -0.25) is 4.79 Å². The van der Waals surface area contributed by atoms with Gasteiger partial charge in [0.2, 0.25) is 5.82 Å². The van der Waals surface area contributed by atoms with Crippen LogP contribution in [0.1, 0.15) is 47.9 Å². The molecule has 2 heterocycles. The van der Waals surface area contributed by atoms with E-state index in [2.05, 4.69) is 58.9 Å². The van der Waals surface area contributed by atoms with Gasteiger partial charge in [-0.15, -0.1) is 0 Å². The Hall–Kier alpha value is -3.62. The number of hydrogen-bond donors (Lipinski definition) is 2. The van der Waals surface area contributed by atoms with Gasteiger partial charge in [-0.1, -0.05) is 54.1 Å². The Morgan fingerprint density at radius 1 is 0.907 bits per heavy atom. The van der Waals surface area contributed by atoms with Crippen LogP contribution in [-0.2, 0) is 17.6 Å². The standard InChI is InChI=1S/C35H38F3N3O2/c1-22-4-6-24(7-5-22)16-17-41(27-12-13-27)35(42)32-28(19-26-20-39-21-31(32)40-26)25-10-8-23(9-11-25)3-2-18-43-34-30(37)15-14-29(36)33(34)38/h4-11,14-15,26-27,31,39-40H,2-3,12-13,16-21H2,1H3/t26-,31-/m1/s1. The van der Waals surface area contributed by atoms with Crippen LogP contribution >= 0.6 is 0 Å². The summed E-state index contributed by atoms with van der Waals surface area (Å²) in [4.78, 5) is 16.4. The van der Waals surface area contributed by atoms with E-state index in [0.717, 1.165) is 73.2 Å². The number of fused-ring (bicyclic) bond motifs is 2. The number of ether oxygens (including phenoxy) is 1. The maximum atomic E-state index is 14.3. The lowest BCUT2D eigenvalue weighted by molar-refractivity contribution is -0.128. The van der Waals surface area contributed by atoms with Crippen molar-refractivity contribution in [3.8, 4) is 5.75 Å². The van der Waals surface area contributed by atoms with Gasteiger partial charge in [0, 0.05) is 37.3 Å². The molecule has 2 aliphatic heterocycles. The summed E-state index contributed by atoms with van der Waals surface area (Å²) in [6.07, 6.45) is 4.86. The number of rotatable bonds is 11. The molecule has 8 heteroatoms. The molecule has 6 rings (SSSR count). The van der Waals surface area contributed by atoms with Gasteiger partial charge >= 0.3 is 0 Å². The molecule has 3 aliphatic rings. The van der Waals surface area contributed by atoms with Crippen molar-refractivity contribution < 1.29 is 22.7 Å². The summed E-state index contributed by atoms with van der Waals surface area (Å²) >= 11 is 0. The number of nitrogens with one attached hydrogen (secondary N) is 2. The second-order valence-corrected chi connectivity index (χ2v) is 12.0. The van der Waals surface area contributed by atoms with Crippen LogP contribution in [0, 0.1) is 24.4 Å². The highest BCUT2D eigenvalue weighted by Gasteiger charge is 2.40. The summed E-state index contributed by atoms with van der Waals surface area (Å²) in [7, 11) is 0. The molecular formula is C35H38F3N3O2. The van der Waals surface area contributed by atoms with Crippen molar-refractivity contribution >= 4 is 11.5 Å². The van der Waals surface area contributed by atoms with E-state index in [-0.39, 0.29) is 24.6 Å². The van der Waals surface area contributed by atoms with Crippen LogP contribution in [0.4, 0.5) is 13.2 Å². The summed E-state index contributed by atoms with van der Waals surface area (Å²) in [5, 5.41) is 7.19. The van der Waals surface area contributed by atoms with Gasteiger partial charge in [-0.05, 0) is 79.8 Å². The molecular weight excluding hydrogens is 551 g/mol. The minimum atomic E-state index is -1.31. The third-order valence-corrected chi connectivity index (χ3v) is 8.70. The summed E-state index contributed by atoms with van der Waals surface area (Å²) in [5.41, 5.74) is 6.57. The zero-order chi connectivity index (χ0) is 29.9. The van der Waals surface area contributed by atoms with Gasteiger partial charge in [0.05, 0.1) is 12.6 Å². The average molecular weight is 590 g/mol. The third-order valence-electron chi connectivity index (χ3n) is 8.70. The first kappa shape index (κ1) is 29.5. The summed E-state index contributed by atoms with van der Waals surface area (Å²) in [6, 6.07) is 18.9. The predicted octanol–water partition coefficient (Wildman–Crippen LogP) is 5.74. The second-order valence-electron chi connectivity index (χ2n) is 12.0. The SMILES string of the molecule is Cc1ccc(CCN(C(=O)C2=C(c3ccc(CCCOc4c(F)ccc(F)c4F)cc3)C[C@@H]3CNC[C@H]2N3)C2CC2)cc1. The van der Waals surface area contributed by atoms with Crippen LogP contribution in [0.3, 0.4) is 0 Å². The van der Waals surface area contributed by atoms with Crippen molar-refractivity contribution in [2.24, 2.45) is 0 Å². The largest absolute Gasteiger partial charge is 0.488 e. The lowest BCUT2D eigenvalue weighted by Gasteiger charge is -2.41. The molecule has 5 nitrogen and oxygen atoms in total. The number of amides is 1. The Balaban J connectivity index is 1.16. The van der Waals surface area contributed by atoms with E-state index < -0.39 is 23.2 Å². The number of hydrogen-bond acceptors (Lipinski definition) is 4. The fraction of sp³-hybridized carbons (Fsp3) is 0.400.